The van der Waals surface area contributed by atoms with Crippen LogP contribution in [0.1, 0.15) is 34.9 Å². The predicted octanol–water partition coefficient (Wildman–Crippen LogP) is 1.31. The van der Waals surface area contributed by atoms with Crippen molar-refractivity contribution < 1.29 is 13.2 Å². The fourth-order valence-electron chi connectivity index (χ4n) is 3.10. The molecular formula is C16H20N4O3S. The van der Waals surface area contributed by atoms with E-state index in [1.165, 1.54) is 19.3 Å². The van der Waals surface area contributed by atoms with Crippen LogP contribution in [0.15, 0.2) is 41.7 Å². The van der Waals surface area contributed by atoms with Crippen molar-refractivity contribution in [2.45, 2.75) is 23.8 Å². The first-order valence-corrected chi connectivity index (χ1v) is 9.23. The number of carbonyl (C=O) groups is 1. The molecule has 8 heteroatoms. The Bertz CT molecular complexity index is 845. The summed E-state index contributed by atoms with van der Waals surface area (Å²) < 4.78 is 27.7. The summed E-state index contributed by atoms with van der Waals surface area (Å²) in [7, 11) is -0.541. The molecule has 128 valence electrons. The van der Waals surface area contributed by atoms with Gasteiger partial charge in [0.2, 0.25) is 10.0 Å². The Labute approximate surface area is 141 Å². The third-order valence-corrected chi connectivity index (χ3v) is 5.76. The first kappa shape index (κ1) is 16.7. The Balaban J connectivity index is 1.92. The summed E-state index contributed by atoms with van der Waals surface area (Å²) >= 11 is 0. The van der Waals surface area contributed by atoms with Crippen LogP contribution in [0.4, 0.5) is 0 Å². The number of carbonyl (C=O) groups excluding carboxylic acids is 1. The second-order valence-electron chi connectivity index (χ2n) is 5.82. The number of hydrogen-bond acceptors (Lipinski definition) is 4. The third-order valence-electron chi connectivity index (χ3n) is 4.38. The highest BCUT2D eigenvalue weighted by Gasteiger charge is 2.32. The number of pyridine rings is 1. The number of aromatic nitrogens is 2. The topological polar surface area (TPSA) is 84.3 Å². The van der Waals surface area contributed by atoms with Gasteiger partial charge in [-0.3, -0.25) is 9.78 Å². The predicted molar refractivity (Wildman–Crippen MR) is 88.9 cm³/mol. The molecule has 7 nitrogen and oxygen atoms in total. The molecule has 1 N–H and O–H groups in total. The fraction of sp³-hybridized carbons (Fsp3) is 0.375. The molecule has 1 aliphatic heterocycles. The molecule has 2 aromatic heterocycles. The highest BCUT2D eigenvalue weighted by atomic mass is 32.2. The Kier molecular flexibility index (Phi) is 4.42. The summed E-state index contributed by atoms with van der Waals surface area (Å²) in [5, 5.41) is 0. The molecule has 1 fully saturated rings. The number of amides is 1. The average Bonchev–Trinajstić information content (AvgIpc) is 3.22. The molecule has 3 heterocycles. The van der Waals surface area contributed by atoms with E-state index in [9.17, 15) is 13.2 Å². The molecular weight excluding hydrogens is 328 g/mol. The number of aryl methyl sites for hydroxylation is 1. The lowest BCUT2D eigenvalue weighted by atomic mass is 10.1. The molecule has 0 radical (unpaired) electrons. The molecule has 0 saturated carbocycles. The largest absolute Gasteiger partial charge is 0.345 e. The minimum atomic E-state index is -3.57. The van der Waals surface area contributed by atoms with Crippen molar-refractivity contribution in [3.63, 3.8) is 0 Å². The standard InChI is InChI=1S/C16H20N4O3S/c1-17-24(22,23)13-10-15(19(2)11-13)16(21)20-9-3-4-14(20)12-5-7-18-8-6-12/h5-8,10-11,14,17H,3-4,9H2,1-2H3/t14-/m0/s1. The van der Waals surface area contributed by atoms with Crippen molar-refractivity contribution >= 4 is 15.9 Å². The van der Waals surface area contributed by atoms with Crippen LogP contribution < -0.4 is 4.72 Å². The molecule has 24 heavy (non-hydrogen) atoms. The quantitative estimate of drug-likeness (QED) is 0.903. The Morgan fingerprint density at radius 2 is 2.04 bits per heavy atom. The van der Waals surface area contributed by atoms with Gasteiger partial charge in [-0.15, -0.1) is 0 Å². The SMILES string of the molecule is CNS(=O)(=O)c1cc(C(=O)N2CCC[C@H]2c2ccncc2)n(C)c1. The molecule has 1 amide bonds. The van der Waals surface area contributed by atoms with Gasteiger partial charge in [-0.1, -0.05) is 0 Å². The molecule has 1 atom stereocenters. The number of sulfonamides is 1. The molecule has 1 aliphatic rings. The van der Waals surface area contributed by atoms with Gasteiger partial charge in [0.15, 0.2) is 0 Å². The lowest BCUT2D eigenvalue weighted by Gasteiger charge is -2.25. The molecule has 0 bridgehead atoms. The van der Waals surface area contributed by atoms with Gasteiger partial charge in [0.05, 0.1) is 6.04 Å². The van der Waals surface area contributed by atoms with E-state index in [-0.39, 0.29) is 16.8 Å². The van der Waals surface area contributed by atoms with Crippen molar-refractivity contribution in [2.75, 3.05) is 13.6 Å². The van der Waals surface area contributed by atoms with Crippen molar-refractivity contribution in [3.05, 3.63) is 48.0 Å². The van der Waals surface area contributed by atoms with Gasteiger partial charge >= 0.3 is 0 Å². The maximum absolute atomic E-state index is 13.0. The van der Waals surface area contributed by atoms with Crippen LogP contribution in [0.5, 0.6) is 0 Å². The second-order valence-corrected chi connectivity index (χ2v) is 7.70. The van der Waals surface area contributed by atoms with Crippen molar-refractivity contribution in [1.82, 2.24) is 19.2 Å². The van der Waals surface area contributed by atoms with E-state index in [0.29, 0.717) is 12.2 Å². The first-order chi connectivity index (χ1) is 11.4. The van der Waals surface area contributed by atoms with E-state index in [4.69, 9.17) is 0 Å². The van der Waals surface area contributed by atoms with Gasteiger partial charge in [-0.2, -0.15) is 0 Å². The van der Waals surface area contributed by atoms with E-state index < -0.39 is 10.0 Å². The number of rotatable bonds is 4. The minimum Gasteiger partial charge on any atom is -0.345 e. The zero-order valence-corrected chi connectivity index (χ0v) is 14.5. The van der Waals surface area contributed by atoms with E-state index in [1.54, 1.807) is 28.9 Å². The summed E-state index contributed by atoms with van der Waals surface area (Å²) in [6, 6.07) is 5.26. The molecule has 0 spiro atoms. The van der Waals surface area contributed by atoms with E-state index in [2.05, 4.69) is 9.71 Å². The molecule has 2 aromatic rings. The van der Waals surface area contributed by atoms with Crippen molar-refractivity contribution in [3.8, 4) is 0 Å². The van der Waals surface area contributed by atoms with Crippen LogP contribution in [-0.4, -0.2) is 42.4 Å². The maximum atomic E-state index is 13.0. The maximum Gasteiger partial charge on any atom is 0.271 e. The number of hydrogen-bond donors (Lipinski definition) is 1. The van der Waals surface area contributed by atoms with Crippen LogP contribution in [0.3, 0.4) is 0 Å². The number of nitrogens with one attached hydrogen (secondary N) is 1. The summed E-state index contributed by atoms with van der Waals surface area (Å²) in [4.78, 5) is 18.9. The van der Waals surface area contributed by atoms with Gasteiger partial charge in [0, 0.05) is 32.2 Å². The smallest absolute Gasteiger partial charge is 0.271 e. The first-order valence-electron chi connectivity index (χ1n) is 7.75. The molecule has 0 unspecified atom stereocenters. The van der Waals surface area contributed by atoms with Gasteiger partial charge < -0.3 is 9.47 Å². The zero-order valence-electron chi connectivity index (χ0n) is 13.6. The summed E-state index contributed by atoms with van der Waals surface area (Å²) in [5.41, 5.74) is 1.41. The summed E-state index contributed by atoms with van der Waals surface area (Å²) in [6.07, 6.45) is 6.70. The summed E-state index contributed by atoms with van der Waals surface area (Å²) in [5.74, 6) is -0.158. The van der Waals surface area contributed by atoms with Crippen LogP contribution >= 0.6 is 0 Å². The van der Waals surface area contributed by atoms with Crippen LogP contribution in [0.25, 0.3) is 0 Å². The van der Waals surface area contributed by atoms with Crippen molar-refractivity contribution in [2.24, 2.45) is 7.05 Å². The Hall–Kier alpha value is -2.19. The van der Waals surface area contributed by atoms with E-state index in [0.717, 1.165) is 18.4 Å². The highest BCUT2D eigenvalue weighted by Crippen LogP contribution is 2.33. The van der Waals surface area contributed by atoms with Crippen LogP contribution in [0.2, 0.25) is 0 Å². The van der Waals surface area contributed by atoms with Gasteiger partial charge in [0.1, 0.15) is 10.6 Å². The van der Waals surface area contributed by atoms with Crippen LogP contribution in [0, 0.1) is 0 Å². The number of nitrogens with zero attached hydrogens (tertiary/aromatic N) is 3. The normalized spacial score (nSPS) is 18.1. The number of likely N-dealkylation sites (tertiary alicyclic amines) is 1. The molecule has 0 aromatic carbocycles. The highest BCUT2D eigenvalue weighted by molar-refractivity contribution is 7.89. The molecule has 0 aliphatic carbocycles. The zero-order chi connectivity index (χ0) is 17.3. The minimum absolute atomic E-state index is 0.000225. The van der Waals surface area contributed by atoms with Gasteiger partial charge in [-0.25, -0.2) is 13.1 Å². The Morgan fingerprint density at radius 3 is 2.71 bits per heavy atom. The van der Waals surface area contributed by atoms with Crippen LogP contribution in [-0.2, 0) is 17.1 Å². The van der Waals surface area contributed by atoms with Crippen molar-refractivity contribution in [1.29, 1.82) is 0 Å². The lowest BCUT2D eigenvalue weighted by Crippen LogP contribution is -2.31. The van der Waals surface area contributed by atoms with Gasteiger partial charge in [0.25, 0.3) is 5.91 Å². The fourth-order valence-corrected chi connectivity index (χ4v) is 3.90. The lowest BCUT2D eigenvalue weighted by molar-refractivity contribution is 0.0726. The van der Waals surface area contributed by atoms with Gasteiger partial charge in [-0.05, 0) is 43.7 Å². The molecule has 3 rings (SSSR count). The second kappa shape index (κ2) is 6.37. The third kappa shape index (κ3) is 2.94. The average molecular weight is 348 g/mol. The van der Waals surface area contributed by atoms with E-state index in [1.807, 2.05) is 12.1 Å². The summed E-state index contributed by atoms with van der Waals surface area (Å²) in [6.45, 7) is 0.658. The Morgan fingerprint density at radius 1 is 1.33 bits per heavy atom. The molecule has 1 saturated heterocycles. The van der Waals surface area contributed by atoms with E-state index >= 15 is 0 Å². The monoisotopic (exact) mass is 348 g/mol.